The molecule has 0 N–H and O–H groups in total. The fourth-order valence-electron chi connectivity index (χ4n) is 1.16. The normalized spacial score (nSPS) is 12.3. The molecule has 1 rings (SSSR count). The van der Waals surface area contributed by atoms with E-state index in [4.69, 9.17) is 0 Å². The van der Waals surface area contributed by atoms with Gasteiger partial charge in [-0.2, -0.15) is 10.2 Å². The van der Waals surface area contributed by atoms with E-state index in [2.05, 4.69) is 15.0 Å². The predicted molar refractivity (Wildman–Crippen MR) is 62.4 cm³/mol. The number of Topliss-reactive ketones (excluding diaryl/α,β-unsaturated/α-hetero) is 1. The molecule has 0 saturated heterocycles. The largest absolute Gasteiger partial charge is 0.464 e. The third-order valence-corrected chi connectivity index (χ3v) is 1.99. The SMILES string of the molecule is CCOC(=O)C(N=Nc1ccccc1)C(=O)CF. The van der Waals surface area contributed by atoms with Gasteiger partial charge in [-0.3, -0.25) is 4.79 Å². The lowest BCUT2D eigenvalue weighted by atomic mass is 10.2. The number of nitrogens with zero attached hydrogens (tertiary/aromatic N) is 2. The molecule has 0 aliphatic heterocycles. The number of carbonyl (C=O) groups excluding carboxylic acids is 2. The predicted octanol–water partition coefficient (Wildman–Crippen LogP) is 2.24. The van der Waals surface area contributed by atoms with Crippen molar-refractivity contribution in [1.29, 1.82) is 0 Å². The molecule has 0 heterocycles. The van der Waals surface area contributed by atoms with Crippen LogP contribution in [-0.2, 0) is 14.3 Å². The molecule has 18 heavy (non-hydrogen) atoms. The average molecular weight is 252 g/mol. The minimum absolute atomic E-state index is 0.0930. The topological polar surface area (TPSA) is 68.1 Å². The number of esters is 1. The highest BCUT2D eigenvalue weighted by molar-refractivity contribution is 6.03. The summed E-state index contributed by atoms with van der Waals surface area (Å²) in [6.07, 6.45) is 0. The van der Waals surface area contributed by atoms with E-state index in [1.54, 1.807) is 37.3 Å². The molecule has 5 nitrogen and oxygen atoms in total. The van der Waals surface area contributed by atoms with Crippen LogP contribution >= 0.6 is 0 Å². The summed E-state index contributed by atoms with van der Waals surface area (Å²) < 4.78 is 16.9. The average Bonchev–Trinajstić information content (AvgIpc) is 2.40. The van der Waals surface area contributed by atoms with E-state index < -0.39 is 24.5 Å². The second-order valence-electron chi connectivity index (χ2n) is 3.31. The molecular weight excluding hydrogens is 239 g/mol. The van der Waals surface area contributed by atoms with E-state index in [9.17, 15) is 14.0 Å². The zero-order valence-electron chi connectivity index (χ0n) is 9.88. The van der Waals surface area contributed by atoms with Crippen molar-refractivity contribution in [3.05, 3.63) is 30.3 Å². The summed E-state index contributed by atoms with van der Waals surface area (Å²) in [7, 11) is 0. The van der Waals surface area contributed by atoms with Gasteiger partial charge >= 0.3 is 5.97 Å². The zero-order chi connectivity index (χ0) is 13.4. The second-order valence-corrected chi connectivity index (χ2v) is 3.31. The van der Waals surface area contributed by atoms with E-state index >= 15 is 0 Å². The number of hydrogen-bond donors (Lipinski definition) is 0. The summed E-state index contributed by atoms with van der Waals surface area (Å²) in [5.74, 6) is -1.85. The Morgan fingerprint density at radius 3 is 2.56 bits per heavy atom. The Hall–Kier alpha value is -2.11. The monoisotopic (exact) mass is 252 g/mol. The van der Waals surface area contributed by atoms with Crippen molar-refractivity contribution in [2.75, 3.05) is 13.3 Å². The molecule has 0 saturated carbocycles. The van der Waals surface area contributed by atoms with Crippen LogP contribution in [-0.4, -0.2) is 31.1 Å². The molecule has 1 aromatic rings. The summed E-state index contributed by atoms with van der Waals surface area (Å²) >= 11 is 0. The maximum Gasteiger partial charge on any atom is 0.340 e. The Labute approximate surface area is 104 Å². The van der Waals surface area contributed by atoms with Gasteiger partial charge in [-0.15, -0.1) is 0 Å². The third kappa shape index (κ3) is 4.04. The van der Waals surface area contributed by atoms with Gasteiger partial charge < -0.3 is 4.74 Å². The maximum absolute atomic E-state index is 12.3. The minimum Gasteiger partial charge on any atom is -0.464 e. The number of rotatable bonds is 6. The van der Waals surface area contributed by atoms with E-state index in [0.29, 0.717) is 5.69 Å². The third-order valence-electron chi connectivity index (χ3n) is 1.99. The fourth-order valence-corrected chi connectivity index (χ4v) is 1.16. The van der Waals surface area contributed by atoms with Crippen molar-refractivity contribution in [3.8, 4) is 0 Å². The Kier molecular flexibility index (Phi) is 5.63. The van der Waals surface area contributed by atoms with Crippen molar-refractivity contribution in [2.45, 2.75) is 13.0 Å². The van der Waals surface area contributed by atoms with Crippen molar-refractivity contribution >= 4 is 17.4 Å². The summed E-state index contributed by atoms with van der Waals surface area (Å²) in [5, 5.41) is 7.26. The first-order valence-corrected chi connectivity index (χ1v) is 5.40. The van der Waals surface area contributed by atoms with Crippen LogP contribution in [0.4, 0.5) is 10.1 Å². The van der Waals surface area contributed by atoms with Crippen molar-refractivity contribution in [2.24, 2.45) is 10.2 Å². The van der Waals surface area contributed by atoms with E-state index in [0.717, 1.165) is 0 Å². The minimum atomic E-state index is -1.53. The molecule has 0 fully saturated rings. The van der Waals surface area contributed by atoms with Crippen molar-refractivity contribution in [3.63, 3.8) is 0 Å². The van der Waals surface area contributed by atoms with Gasteiger partial charge in [0.2, 0.25) is 11.8 Å². The molecule has 0 radical (unpaired) electrons. The number of ether oxygens (including phenoxy) is 1. The standard InChI is InChI=1S/C12H13FN2O3/c1-2-18-12(17)11(10(16)8-13)15-14-9-6-4-3-5-7-9/h3-7,11H,2,8H2,1H3. The van der Waals surface area contributed by atoms with Gasteiger partial charge in [0.15, 0.2) is 6.67 Å². The Morgan fingerprint density at radius 1 is 1.33 bits per heavy atom. The first-order chi connectivity index (χ1) is 8.69. The molecule has 1 aromatic carbocycles. The van der Waals surface area contributed by atoms with Gasteiger partial charge in [0.05, 0.1) is 12.3 Å². The number of ketones is 1. The van der Waals surface area contributed by atoms with Crippen LogP contribution in [0.15, 0.2) is 40.6 Å². The van der Waals surface area contributed by atoms with E-state index in [1.807, 2.05) is 0 Å². The molecular formula is C12H13FN2O3. The van der Waals surface area contributed by atoms with Crippen LogP contribution in [0.5, 0.6) is 0 Å². The van der Waals surface area contributed by atoms with E-state index in [1.165, 1.54) is 0 Å². The maximum atomic E-state index is 12.3. The quantitative estimate of drug-likeness (QED) is 0.443. The lowest BCUT2D eigenvalue weighted by Gasteiger charge is -2.06. The van der Waals surface area contributed by atoms with Crippen LogP contribution in [0.2, 0.25) is 0 Å². The van der Waals surface area contributed by atoms with Crippen LogP contribution in [0.1, 0.15) is 6.92 Å². The summed E-state index contributed by atoms with van der Waals surface area (Å²) in [6.45, 7) is 0.399. The molecule has 0 aliphatic carbocycles. The lowest BCUT2D eigenvalue weighted by Crippen LogP contribution is -2.31. The zero-order valence-corrected chi connectivity index (χ0v) is 9.88. The Morgan fingerprint density at radius 2 is 2.00 bits per heavy atom. The van der Waals surface area contributed by atoms with Crippen LogP contribution < -0.4 is 0 Å². The number of hydrogen-bond acceptors (Lipinski definition) is 5. The molecule has 0 amide bonds. The molecule has 0 aliphatic rings. The molecule has 0 bridgehead atoms. The number of benzene rings is 1. The lowest BCUT2D eigenvalue weighted by molar-refractivity contribution is -0.147. The van der Waals surface area contributed by atoms with Crippen molar-refractivity contribution < 1.29 is 18.7 Å². The molecule has 6 heteroatoms. The fraction of sp³-hybridized carbons (Fsp3) is 0.333. The number of azo groups is 1. The van der Waals surface area contributed by atoms with Crippen LogP contribution in [0, 0.1) is 0 Å². The van der Waals surface area contributed by atoms with Gasteiger partial charge in [0.1, 0.15) is 0 Å². The van der Waals surface area contributed by atoms with Gasteiger partial charge in [-0.05, 0) is 19.1 Å². The van der Waals surface area contributed by atoms with Crippen molar-refractivity contribution in [1.82, 2.24) is 0 Å². The summed E-state index contributed by atoms with van der Waals surface area (Å²) in [4.78, 5) is 22.6. The molecule has 1 atom stereocenters. The van der Waals surface area contributed by atoms with E-state index in [-0.39, 0.29) is 6.61 Å². The van der Waals surface area contributed by atoms with Crippen LogP contribution in [0.3, 0.4) is 0 Å². The highest BCUT2D eigenvalue weighted by atomic mass is 19.1. The number of carbonyl (C=O) groups is 2. The summed E-state index contributed by atoms with van der Waals surface area (Å²) in [6, 6.07) is 7.00. The first kappa shape index (κ1) is 14.0. The first-order valence-electron chi connectivity index (χ1n) is 5.40. The highest BCUT2D eigenvalue weighted by Crippen LogP contribution is 2.12. The number of halogens is 1. The molecule has 1 unspecified atom stereocenters. The van der Waals surface area contributed by atoms with Gasteiger partial charge in [0, 0.05) is 0 Å². The molecule has 0 spiro atoms. The van der Waals surface area contributed by atoms with Gasteiger partial charge in [-0.1, -0.05) is 18.2 Å². The Balaban J connectivity index is 2.82. The second kappa shape index (κ2) is 7.26. The Bertz CT molecular complexity index is 434. The van der Waals surface area contributed by atoms with Crippen LogP contribution in [0.25, 0.3) is 0 Å². The molecule has 0 aromatic heterocycles. The molecule has 96 valence electrons. The van der Waals surface area contributed by atoms with Gasteiger partial charge in [-0.25, -0.2) is 9.18 Å². The summed E-state index contributed by atoms with van der Waals surface area (Å²) in [5.41, 5.74) is 0.471. The smallest absolute Gasteiger partial charge is 0.340 e. The van der Waals surface area contributed by atoms with Gasteiger partial charge in [0.25, 0.3) is 0 Å². The number of alkyl halides is 1. The highest BCUT2D eigenvalue weighted by Gasteiger charge is 2.27.